The van der Waals surface area contributed by atoms with Crippen molar-refractivity contribution in [3.8, 4) is 0 Å². The van der Waals surface area contributed by atoms with Crippen LogP contribution in [0, 0.1) is 12.8 Å². The van der Waals surface area contributed by atoms with Crippen LogP contribution in [0.3, 0.4) is 0 Å². The van der Waals surface area contributed by atoms with E-state index in [0.717, 1.165) is 50.4 Å². The lowest BCUT2D eigenvalue weighted by atomic mass is 9.97. The lowest BCUT2D eigenvalue weighted by Crippen LogP contribution is -2.57. The second-order valence-electron chi connectivity index (χ2n) is 7.04. The third kappa shape index (κ3) is 5.21. The van der Waals surface area contributed by atoms with Gasteiger partial charge in [-0.2, -0.15) is 0 Å². The lowest BCUT2D eigenvalue weighted by Gasteiger charge is -2.37. The van der Waals surface area contributed by atoms with E-state index in [1.165, 1.54) is 0 Å². The van der Waals surface area contributed by atoms with Crippen LogP contribution in [0.25, 0.3) is 0 Å². The van der Waals surface area contributed by atoms with Crippen molar-refractivity contribution in [1.29, 1.82) is 0 Å². The SMILES string of the molecule is CCC(C)C(NC(=O)Nc1ccccc1C)C(=O)N1CCN(CC)CC1. The van der Waals surface area contributed by atoms with Crippen molar-refractivity contribution in [2.24, 2.45) is 5.92 Å². The molecule has 2 unspecified atom stereocenters. The Hall–Kier alpha value is -2.08. The van der Waals surface area contributed by atoms with Crippen LogP contribution < -0.4 is 10.6 Å². The average Bonchev–Trinajstić information content (AvgIpc) is 2.67. The summed E-state index contributed by atoms with van der Waals surface area (Å²) >= 11 is 0. The molecule has 1 aromatic carbocycles. The van der Waals surface area contributed by atoms with E-state index in [2.05, 4.69) is 22.5 Å². The van der Waals surface area contributed by atoms with Crippen LogP contribution in [0.15, 0.2) is 24.3 Å². The van der Waals surface area contributed by atoms with Gasteiger partial charge in [-0.15, -0.1) is 0 Å². The Balaban J connectivity index is 2.01. The van der Waals surface area contributed by atoms with E-state index in [1.807, 2.05) is 49.9 Å². The molecule has 144 valence electrons. The zero-order valence-corrected chi connectivity index (χ0v) is 16.4. The number of carbonyl (C=O) groups excluding carboxylic acids is 2. The molecule has 1 aromatic rings. The molecule has 0 radical (unpaired) electrons. The number of aryl methyl sites for hydroxylation is 1. The van der Waals surface area contributed by atoms with Crippen LogP contribution in [0.4, 0.5) is 10.5 Å². The van der Waals surface area contributed by atoms with Crippen LogP contribution in [0.5, 0.6) is 0 Å². The standard InChI is InChI=1S/C20H32N4O2/c1-5-15(3)18(19(25)24-13-11-23(6-2)12-14-24)22-20(26)21-17-10-8-7-9-16(17)4/h7-10,15,18H,5-6,11-14H2,1-4H3,(H2,21,22,26). The minimum atomic E-state index is -0.503. The highest BCUT2D eigenvalue weighted by molar-refractivity contribution is 5.94. The maximum Gasteiger partial charge on any atom is 0.319 e. The smallest absolute Gasteiger partial charge is 0.319 e. The molecule has 6 nitrogen and oxygen atoms in total. The van der Waals surface area contributed by atoms with Gasteiger partial charge in [-0.1, -0.05) is 45.4 Å². The molecule has 0 spiro atoms. The summed E-state index contributed by atoms with van der Waals surface area (Å²) in [5, 5.41) is 5.78. The van der Waals surface area contributed by atoms with Crippen molar-refractivity contribution in [2.75, 3.05) is 38.0 Å². The fraction of sp³-hybridized carbons (Fsp3) is 0.600. The number of nitrogens with one attached hydrogen (secondary N) is 2. The number of urea groups is 1. The van der Waals surface area contributed by atoms with Gasteiger partial charge in [0.05, 0.1) is 0 Å². The Bertz CT molecular complexity index is 612. The minimum Gasteiger partial charge on any atom is -0.338 e. The van der Waals surface area contributed by atoms with Gasteiger partial charge in [0.1, 0.15) is 6.04 Å². The van der Waals surface area contributed by atoms with Gasteiger partial charge >= 0.3 is 6.03 Å². The molecule has 2 atom stereocenters. The van der Waals surface area contributed by atoms with E-state index in [4.69, 9.17) is 0 Å². The summed E-state index contributed by atoms with van der Waals surface area (Å²) < 4.78 is 0. The lowest BCUT2D eigenvalue weighted by molar-refractivity contribution is -0.136. The first-order valence-corrected chi connectivity index (χ1v) is 9.60. The molecule has 1 saturated heterocycles. The Kier molecular flexibility index (Phi) is 7.45. The summed E-state index contributed by atoms with van der Waals surface area (Å²) in [5.41, 5.74) is 1.75. The van der Waals surface area contributed by atoms with Crippen molar-refractivity contribution >= 4 is 17.6 Å². The van der Waals surface area contributed by atoms with Crippen molar-refractivity contribution in [3.05, 3.63) is 29.8 Å². The zero-order chi connectivity index (χ0) is 19.1. The quantitative estimate of drug-likeness (QED) is 0.820. The molecule has 0 bridgehead atoms. The first kappa shape index (κ1) is 20.2. The van der Waals surface area contributed by atoms with Crippen LogP contribution >= 0.6 is 0 Å². The summed E-state index contributed by atoms with van der Waals surface area (Å²) in [6.45, 7) is 12.4. The van der Waals surface area contributed by atoms with Crippen LogP contribution in [0.1, 0.15) is 32.8 Å². The Morgan fingerprint density at radius 3 is 2.35 bits per heavy atom. The van der Waals surface area contributed by atoms with Gasteiger partial charge in [0.25, 0.3) is 0 Å². The second kappa shape index (κ2) is 9.57. The summed E-state index contributed by atoms with van der Waals surface area (Å²) in [6, 6.07) is 6.79. The fourth-order valence-corrected chi connectivity index (χ4v) is 3.18. The van der Waals surface area contributed by atoms with Crippen molar-refractivity contribution in [1.82, 2.24) is 15.1 Å². The number of nitrogens with zero attached hydrogens (tertiary/aromatic N) is 2. The molecule has 3 amide bonds. The number of rotatable bonds is 6. The minimum absolute atomic E-state index is 0.0232. The Labute approximate surface area is 156 Å². The molecule has 6 heteroatoms. The highest BCUT2D eigenvalue weighted by Gasteiger charge is 2.31. The molecule has 0 aromatic heterocycles. The molecule has 1 aliphatic rings. The fourth-order valence-electron chi connectivity index (χ4n) is 3.18. The number of piperazine rings is 1. The summed E-state index contributed by atoms with van der Waals surface area (Å²) in [7, 11) is 0. The predicted molar refractivity (Wildman–Crippen MR) is 105 cm³/mol. The normalized spacial score (nSPS) is 17.5. The predicted octanol–water partition coefficient (Wildman–Crippen LogP) is 2.70. The molecule has 2 rings (SSSR count). The Morgan fingerprint density at radius 1 is 1.12 bits per heavy atom. The third-order valence-corrected chi connectivity index (χ3v) is 5.29. The largest absolute Gasteiger partial charge is 0.338 e. The molecule has 26 heavy (non-hydrogen) atoms. The molecule has 1 aliphatic heterocycles. The van der Waals surface area contributed by atoms with Gasteiger partial charge in [0.15, 0.2) is 0 Å². The van der Waals surface area contributed by atoms with Gasteiger partial charge in [0, 0.05) is 31.9 Å². The number of benzene rings is 1. The summed E-state index contributed by atoms with van der Waals surface area (Å²) in [5.74, 6) is 0.101. The zero-order valence-electron chi connectivity index (χ0n) is 16.4. The number of para-hydroxylation sites is 1. The average molecular weight is 361 g/mol. The van der Waals surface area contributed by atoms with Gasteiger partial charge in [-0.05, 0) is 31.0 Å². The number of hydrogen-bond donors (Lipinski definition) is 2. The summed E-state index contributed by atoms with van der Waals surface area (Å²) in [4.78, 5) is 29.7. The monoisotopic (exact) mass is 360 g/mol. The topological polar surface area (TPSA) is 64.7 Å². The maximum absolute atomic E-state index is 13.0. The van der Waals surface area contributed by atoms with Crippen LogP contribution in [0.2, 0.25) is 0 Å². The summed E-state index contributed by atoms with van der Waals surface area (Å²) in [6.07, 6.45) is 0.829. The van der Waals surface area contributed by atoms with E-state index in [9.17, 15) is 9.59 Å². The number of amides is 3. The molecule has 2 N–H and O–H groups in total. The van der Waals surface area contributed by atoms with Crippen molar-refractivity contribution in [2.45, 2.75) is 40.2 Å². The molecular weight excluding hydrogens is 328 g/mol. The van der Waals surface area contributed by atoms with Crippen molar-refractivity contribution in [3.63, 3.8) is 0 Å². The van der Waals surface area contributed by atoms with Crippen LogP contribution in [-0.2, 0) is 4.79 Å². The van der Waals surface area contributed by atoms with Crippen LogP contribution in [-0.4, -0.2) is 60.5 Å². The van der Waals surface area contributed by atoms with Gasteiger partial charge in [0.2, 0.25) is 5.91 Å². The maximum atomic E-state index is 13.0. The number of likely N-dealkylation sites (N-methyl/N-ethyl adjacent to an activating group) is 1. The first-order chi connectivity index (χ1) is 12.5. The van der Waals surface area contributed by atoms with E-state index < -0.39 is 6.04 Å². The van der Waals surface area contributed by atoms with Gasteiger partial charge < -0.3 is 20.4 Å². The third-order valence-electron chi connectivity index (χ3n) is 5.29. The number of carbonyl (C=O) groups is 2. The van der Waals surface area contributed by atoms with E-state index >= 15 is 0 Å². The van der Waals surface area contributed by atoms with Crippen molar-refractivity contribution < 1.29 is 9.59 Å². The number of hydrogen-bond acceptors (Lipinski definition) is 3. The number of anilines is 1. The van der Waals surface area contributed by atoms with Gasteiger partial charge in [-0.25, -0.2) is 4.79 Å². The molecular formula is C20H32N4O2. The molecule has 1 heterocycles. The Morgan fingerprint density at radius 2 is 1.77 bits per heavy atom. The van der Waals surface area contributed by atoms with E-state index in [1.54, 1.807) is 0 Å². The van der Waals surface area contributed by atoms with E-state index in [0.29, 0.717) is 0 Å². The highest BCUT2D eigenvalue weighted by Crippen LogP contribution is 2.15. The second-order valence-corrected chi connectivity index (χ2v) is 7.04. The van der Waals surface area contributed by atoms with Gasteiger partial charge in [-0.3, -0.25) is 4.79 Å². The first-order valence-electron chi connectivity index (χ1n) is 9.60. The highest BCUT2D eigenvalue weighted by atomic mass is 16.2. The molecule has 1 fully saturated rings. The van der Waals surface area contributed by atoms with E-state index in [-0.39, 0.29) is 17.9 Å². The molecule has 0 aliphatic carbocycles. The molecule has 0 saturated carbocycles.